The van der Waals surface area contributed by atoms with Crippen LogP contribution in [-0.2, 0) is 0 Å². The molecular weight excluding hydrogens is 403 g/mol. The summed E-state index contributed by atoms with van der Waals surface area (Å²) in [5, 5.41) is 3.98. The van der Waals surface area contributed by atoms with E-state index in [2.05, 4.69) is 102 Å². The third-order valence-corrected chi connectivity index (χ3v) is 8.87. The molecule has 1 heteroatoms. The predicted octanol–water partition coefficient (Wildman–Crippen LogP) is 10.7. The van der Waals surface area contributed by atoms with Crippen LogP contribution in [-0.4, -0.2) is 6.66 Å². The fourth-order valence-electron chi connectivity index (χ4n) is 2.39. The maximum atomic E-state index is 4.34. The van der Waals surface area contributed by atoms with Crippen LogP contribution >= 0.6 is 7.26 Å². The van der Waals surface area contributed by atoms with Crippen molar-refractivity contribution in [2.75, 3.05) is 6.66 Å². The van der Waals surface area contributed by atoms with Crippen LogP contribution in [0.5, 0.6) is 0 Å². The predicted molar refractivity (Wildman–Crippen MR) is 158 cm³/mol. The lowest BCUT2D eigenvalue weighted by Gasteiger charge is -2.24. The van der Waals surface area contributed by atoms with Crippen molar-refractivity contribution in [3.63, 3.8) is 0 Å². The standard InChI is InChI=1S/C18H24P.C5H10.2C4H8/c1-6-9-13-17(8-3)19(5,16(4)7-2)18-14-11-10-12-15-18;1-3-5-4-2;2*1-3-4-2/h6,8-15H,3-4,7H2,1-2,5H3;3,5H,4H2,1-2H3;3-4H,1-2H3;3H,1,4H2,2H3/q+1;;;/b9-6-,17-13+;5-3-;4-3-;. The molecule has 0 amide bonds. The van der Waals surface area contributed by atoms with Crippen LogP contribution in [0.15, 0.2) is 115 Å². The Bertz CT molecular complexity index is 697. The molecule has 0 spiro atoms. The molecule has 0 aromatic heterocycles. The van der Waals surface area contributed by atoms with E-state index in [1.165, 1.54) is 15.9 Å². The van der Waals surface area contributed by atoms with E-state index in [1.807, 2.05) is 58.1 Å². The summed E-state index contributed by atoms with van der Waals surface area (Å²) in [4.78, 5) is 0. The summed E-state index contributed by atoms with van der Waals surface area (Å²) in [6.07, 6.45) is 21.6. The average molecular weight is 454 g/mol. The molecule has 0 saturated carbocycles. The largest absolute Gasteiger partial charge is 0.104 e. The Balaban J connectivity index is -0.000000529. The zero-order valence-corrected chi connectivity index (χ0v) is 23.2. The first-order valence-corrected chi connectivity index (χ1v) is 13.9. The van der Waals surface area contributed by atoms with Crippen molar-refractivity contribution in [1.82, 2.24) is 0 Å². The van der Waals surface area contributed by atoms with Gasteiger partial charge in [-0.2, -0.15) is 0 Å². The second-order valence-electron chi connectivity index (χ2n) is 6.92. The number of hydrogen-bond acceptors (Lipinski definition) is 0. The van der Waals surface area contributed by atoms with Gasteiger partial charge in [-0.15, -0.1) is 6.58 Å². The lowest BCUT2D eigenvalue weighted by Crippen LogP contribution is -2.12. The number of hydrogen-bond donors (Lipinski definition) is 0. The highest BCUT2D eigenvalue weighted by molar-refractivity contribution is 7.89. The highest BCUT2D eigenvalue weighted by Crippen LogP contribution is 2.68. The first-order valence-electron chi connectivity index (χ1n) is 11.7. The molecular formula is C31H50P+. The minimum Gasteiger partial charge on any atom is -0.103 e. The fourth-order valence-corrected chi connectivity index (χ4v) is 5.57. The van der Waals surface area contributed by atoms with Gasteiger partial charge >= 0.3 is 0 Å². The molecule has 0 aliphatic carbocycles. The highest BCUT2D eigenvalue weighted by Gasteiger charge is 2.40. The second kappa shape index (κ2) is 25.1. The third-order valence-electron chi connectivity index (χ3n) is 4.59. The van der Waals surface area contributed by atoms with E-state index in [-0.39, 0.29) is 0 Å². The van der Waals surface area contributed by atoms with Crippen LogP contribution in [0.1, 0.15) is 67.7 Å². The van der Waals surface area contributed by atoms with E-state index in [9.17, 15) is 0 Å². The number of rotatable bonds is 8. The third kappa shape index (κ3) is 15.6. The zero-order valence-electron chi connectivity index (χ0n) is 22.3. The van der Waals surface area contributed by atoms with Gasteiger partial charge in [-0.1, -0.05) is 94.7 Å². The Morgan fingerprint density at radius 3 is 1.66 bits per heavy atom. The normalized spacial score (nSPS) is 12.6. The van der Waals surface area contributed by atoms with Crippen molar-refractivity contribution >= 4 is 12.6 Å². The van der Waals surface area contributed by atoms with Crippen molar-refractivity contribution < 1.29 is 0 Å². The fraction of sp³-hybridized carbons (Fsp3) is 0.355. The maximum absolute atomic E-state index is 4.34. The van der Waals surface area contributed by atoms with Gasteiger partial charge in [0, 0.05) is 6.42 Å². The summed E-state index contributed by atoms with van der Waals surface area (Å²) in [7, 11) is -1.56. The SMILES string of the molecule is C/C=C\C.C/C=C\CC.C=C/C(=C\C=C/C)[P+](C)(C(=C)CC)c1ccccc1.C=CCC. The molecule has 178 valence electrons. The van der Waals surface area contributed by atoms with E-state index in [0.29, 0.717) is 0 Å². The van der Waals surface area contributed by atoms with Crippen molar-refractivity contribution in [1.29, 1.82) is 0 Å². The smallest absolute Gasteiger partial charge is 0.103 e. The summed E-state index contributed by atoms with van der Waals surface area (Å²) >= 11 is 0. The Labute approximate surface area is 202 Å². The van der Waals surface area contributed by atoms with Crippen LogP contribution < -0.4 is 5.30 Å². The first-order chi connectivity index (χ1) is 15.3. The van der Waals surface area contributed by atoms with Crippen LogP contribution in [0.2, 0.25) is 0 Å². The highest BCUT2D eigenvalue weighted by atomic mass is 31.2. The van der Waals surface area contributed by atoms with E-state index >= 15 is 0 Å². The number of benzene rings is 1. The van der Waals surface area contributed by atoms with Gasteiger partial charge in [0.2, 0.25) is 0 Å². The minimum absolute atomic E-state index is 1.00. The molecule has 0 aliphatic rings. The summed E-state index contributed by atoms with van der Waals surface area (Å²) in [5.41, 5.74) is 0. The molecule has 0 fully saturated rings. The molecule has 1 unspecified atom stereocenters. The van der Waals surface area contributed by atoms with Crippen LogP contribution in [0.25, 0.3) is 0 Å². The van der Waals surface area contributed by atoms with Gasteiger partial charge in [0.25, 0.3) is 0 Å². The molecule has 0 heterocycles. The van der Waals surface area contributed by atoms with E-state index in [4.69, 9.17) is 0 Å². The quantitative estimate of drug-likeness (QED) is 0.208. The summed E-state index contributed by atoms with van der Waals surface area (Å²) in [5.74, 6) is 0. The van der Waals surface area contributed by atoms with Gasteiger partial charge in [-0.3, -0.25) is 0 Å². The Hall–Kier alpha value is -2.17. The van der Waals surface area contributed by atoms with Gasteiger partial charge in [-0.25, -0.2) is 0 Å². The maximum Gasteiger partial charge on any atom is 0.104 e. The Morgan fingerprint density at radius 1 is 0.844 bits per heavy atom. The average Bonchev–Trinajstić information content (AvgIpc) is 2.85. The Morgan fingerprint density at radius 2 is 1.38 bits per heavy atom. The summed E-state index contributed by atoms with van der Waals surface area (Å²) in [6.45, 7) is 28.6. The van der Waals surface area contributed by atoms with Crippen LogP contribution in [0.3, 0.4) is 0 Å². The molecule has 1 atom stereocenters. The van der Waals surface area contributed by atoms with Crippen LogP contribution in [0.4, 0.5) is 0 Å². The van der Waals surface area contributed by atoms with Gasteiger partial charge in [0.15, 0.2) is 0 Å². The van der Waals surface area contributed by atoms with Crippen molar-refractivity contribution in [2.24, 2.45) is 0 Å². The molecule has 0 nitrogen and oxygen atoms in total. The van der Waals surface area contributed by atoms with Crippen molar-refractivity contribution in [3.8, 4) is 0 Å². The topological polar surface area (TPSA) is 0 Å². The number of allylic oxidation sites excluding steroid dienone is 11. The molecule has 32 heavy (non-hydrogen) atoms. The molecule has 0 saturated heterocycles. The lowest BCUT2D eigenvalue weighted by atomic mass is 10.4. The van der Waals surface area contributed by atoms with Gasteiger partial charge in [-0.05, 0) is 64.8 Å². The molecule has 1 rings (SSSR count). The second-order valence-corrected chi connectivity index (χ2v) is 10.6. The van der Waals surface area contributed by atoms with E-state index in [1.54, 1.807) is 0 Å². The lowest BCUT2D eigenvalue weighted by molar-refractivity contribution is 1.20. The van der Waals surface area contributed by atoms with Crippen LogP contribution in [0, 0.1) is 0 Å². The van der Waals surface area contributed by atoms with Gasteiger partial charge in [0.05, 0.1) is 12.0 Å². The van der Waals surface area contributed by atoms with Gasteiger partial charge < -0.3 is 0 Å². The van der Waals surface area contributed by atoms with E-state index in [0.717, 1.165) is 19.3 Å². The summed E-state index contributed by atoms with van der Waals surface area (Å²) < 4.78 is 0. The van der Waals surface area contributed by atoms with Crippen molar-refractivity contribution in [2.45, 2.75) is 67.7 Å². The monoisotopic (exact) mass is 453 g/mol. The molecule has 0 aliphatic heterocycles. The summed E-state index contributed by atoms with van der Waals surface area (Å²) in [6, 6.07) is 10.7. The zero-order chi connectivity index (χ0) is 25.3. The molecule has 0 N–H and O–H groups in total. The molecule has 0 radical (unpaired) electrons. The minimum atomic E-state index is -1.56. The molecule has 1 aromatic rings. The molecule has 1 aromatic carbocycles. The van der Waals surface area contributed by atoms with Crippen molar-refractivity contribution in [3.05, 3.63) is 115 Å². The van der Waals surface area contributed by atoms with E-state index < -0.39 is 7.26 Å². The first kappa shape index (κ1) is 34.4. The van der Waals surface area contributed by atoms with Gasteiger partial charge in [0.1, 0.15) is 17.9 Å². The molecule has 0 bridgehead atoms. The Kier molecular flexibility index (Phi) is 27.0.